The molecule has 128 valence electrons. The molecular weight excluding hydrogens is 342 g/mol. The molecule has 0 spiro atoms. The minimum Gasteiger partial charge on any atom is -0.379 e. The lowest BCUT2D eigenvalue weighted by Gasteiger charge is -2.26. The number of nitrogens with zero attached hydrogens (tertiary/aromatic N) is 4. The molecule has 8 heteroatoms. The number of hydrazine groups is 1. The molecule has 3 aromatic rings. The maximum atomic E-state index is 12.5. The minimum atomic E-state index is -0.248. The molecule has 2 aromatic heterocycles. The van der Waals surface area contributed by atoms with Crippen molar-refractivity contribution in [2.45, 2.75) is 0 Å². The Bertz CT molecular complexity index is 920. The highest BCUT2D eigenvalue weighted by Crippen LogP contribution is 2.25. The summed E-state index contributed by atoms with van der Waals surface area (Å²) in [5, 5.41) is 6.77. The van der Waals surface area contributed by atoms with E-state index in [2.05, 4.69) is 15.5 Å². The molecule has 7 nitrogen and oxygen atoms in total. The summed E-state index contributed by atoms with van der Waals surface area (Å²) in [6.07, 6.45) is 3.45. The maximum absolute atomic E-state index is 12.5. The predicted molar refractivity (Wildman–Crippen MR) is 93.3 cm³/mol. The molecule has 1 N–H and O–H groups in total. The zero-order valence-corrected chi connectivity index (χ0v) is 14.1. The van der Waals surface area contributed by atoms with Gasteiger partial charge in [-0.1, -0.05) is 23.7 Å². The van der Waals surface area contributed by atoms with Gasteiger partial charge in [0.25, 0.3) is 5.91 Å². The number of fused-ring (bicyclic) bond motifs is 1. The predicted octanol–water partition coefficient (Wildman–Crippen LogP) is 2.03. The van der Waals surface area contributed by atoms with Gasteiger partial charge in [-0.05, 0) is 23.8 Å². The Labute approximate surface area is 149 Å². The molecule has 25 heavy (non-hydrogen) atoms. The summed E-state index contributed by atoms with van der Waals surface area (Å²) in [6, 6.07) is 9.12. The van der Waals surface area contributed by atoms with Crippen LogP contribution in [0.1, 0.15) is 10.5 Å². The van der Waals surface area contributed by atoms with Crippen LogP contribution in [0.15, 0.2) is 42.7 Å². The Morgan fingerprint density at radius 1 is 1.24 bits per heavy atom. The summed E-state index contributed by atoms with van der Waals surface area (Å²) in [6.45, 7) is 2.53. The quantitative estimate of drug-likeness (QED) is 0.776. The third-order valence-electron chi connectivity index (χ3n) is 4.01. The van der Waals surface area contributed by atoms with E-state index < -0.39 is 0 Å². The fourth-order valence-electron chi connectivity index (χ4n) is 2.73. The van der Waals surface area contributed by atoms with Crippen LogP contribution >= 0.6 is 11.6 Å². The summed E-state index contributed by atoms with van der Waals surface area (Å²) in [4.78, 5) is 17.0. The summed E-state index contributed by atoms with van der Waals surface area (Å²) < 4.78 is 6.92. The van der Waals surface area contributed by atoms with Crippen LogP contribution in [0.5, 0.6) is 0 Å². The van der Waals surface area contributed by atoms with E-state index in [0.717, 1.165) is 11.1 Å². The van der Waals surface area contributed by atoms with Gasteiger partial charge >= 0.3 is 0 Å². The van der Waals surface area contributed by atoms with E-state index in [1.165, 1.54) is 0 Å². The molecule has 0 saturated carbocycles. The number of carbonyl (C=O) groups excluding carboxylic acids is 1. The highest BCUT2D eigenvalue weighted by atomic mass is 35.5. The molecule has 0 radical (unpaired) electrons. The Morgan fingerprint density at radius 2 is 2.08 bits per heavy atom. The second-order valence-corrected chi connectivity index (χ2v) is 6.13. The number of ether oxygens (including phenoxy) is 1. The number of amides is 1. The number of rotatable bonds is 3. The molecule has 0 bridgehead atoms. The molecule has 1 fully saturated rings. The second kappa shape index (κ2) is 6.79. The average Bonchev–Trinajstić information content (AvgIpc) is 3.05. The monoisotopic (exact) mass is 357 g/mol. The van der Waals surface area contributed by atoms with Crippen molar-refractivity contribution in [3.8, 4) is 11.1 Å². The largest absolute Gasteiger partial charge is 0.379 e. The van der Waals surface area contributed by atoms with Gasteiger partial charge in [0, 0.05) is 29.9 Å². The number of halogens is 1. The maximum Gasteiger partial charge on any atom is 0.284 e. The van der Waals surface area contributed by atoms with Crippen molar-refractivity contribution in [3.63, 3.8) is 0 Å². The molecule has 1 aliphatic heterocycles. The molecule has 1 aromatic carbocycles. The molecule has 0 atom stereocenters. The Balaban J connectivity index is 1.65. The molecule has 4 rings (SSSR count). The summed E-state index contributed by atoms with van der Waals surface area (Å²) in [5.74, 6) is -0.248. The first-order chi connectivity index (χ1) is 12.2. The van der Waals surface area contributed by atoms with Crippen molar-refractivity contribution < 1.29 is 9.53 Å². The zero-order valence-electron chi connectivity index (χ0n) is 13.4. The number of hydrogen-bond acceptors (Lipinski definition) is 5. The Kier molecular flexibility index (Phi) is 4.35. The van der Waals surface area contributed by atoms with Gasteiger partial charge in [-0.15, -0.1) is 0 Å². The molecule has 1 saturated heterocycles. The van der Waals surface area contributed by atoms with Gasteiger partial charge in [0.2, 0.25) is 0 Å². The van der Waals surface area contributed by atoms with Crippen molar-refractivity contribution in [3.05, 3.63) is 53.4 Å². The van der Waals surface area contributed by atoms with Gasteiger partial charge in [0.1, 0.15) is 5.69 Å². The number of nitrogens with one attached hydrogen (secondary N) is 1. The van der Waals surface area contributed by atoms with E-state index in [1.54, 1.807) is 23.0 Å². The highest BCUT2D eigenvalue weighted by molar-refractivity contribution is 6.30. The molecule has 0 unspecified atom stereocenters. The second-order valence-electron chi connectivity index (χ2n) is 5.69. The lowest BCUT2D eigenvalue weighted by atomic mass is 10.1. The number of carbonyl (C=O) groups is 1. The van der Waals surface area contributed by atoms with Crippen molar-refractivity contribution in [2.75, 3.05) is 26.3 Å². The van der Waals surface area contributed by atoms with Crippen LogP contribution in [0.25, 0.3) is 16.8 Å². The van der Waals surface area contributed by atoms with Crippen molar-refractivity contribution in [1.82, 2.24) is 25.0 Å². The topological polar surface area (TPSA) is 71.8 Å². The van der Waals surface area contributed by atoms with Crippen LogP contribution in [0.2, 0.25) is 5.02 Å². The summed E-state index contributed by atoms with van der Waals surface area (Å²) in [5.41, 5.74) is 5.53. The lowest BCUT2D eigenvalue weighted by molar-refractivity contribution is 0.0124. The number of morpholine rings is 1. The van der Waals surface area contributed by atoms with Gasteiger partial charge in [-0.25, -0.2) is 14.5 Å². The van der Waals surface area contributed by atoms with E-state index in [4.69, 9.17) is 16.3 Å². The summed E-state index contributed by atoms with van der Waals surface area (Å²) in [7, 11) is 0. The third-order valence-corrected chi connectivity index (χ3v) is 4.24. The van der Waals surface area contributed by atoms with E-state index in [1.807, 2.05) is 29.3 Å². The van der Waals surface area contributed by atoms with Gasteiger partial charge in [0.15, 0.2) is 5.65 Å². The number of benzene rings is 1. The van der Waals surface area contributed by atoms with Gasteiger partial charge < -0.3 is 4.74 Å². The van der Waals surface area contributed by atoms with E-state index >= 15 is 0 Å². The van der Waals surface area contributed by atoms with Crippen molar-refractivity contribution >= 4 is 23.2 Å². The Hall–Kier alpha value is -2.48. The minimum absolute atomic E-state index is 0.248. The molecular formula is C17H16ClN5O2. The van der Waals surface area contributed by atoms with E-state index in [9.17, 15) is 4.79 Å². The van der Waals surface area contributed by atoms with Gasteiger partial charge in [-0.3, -0.25) is 10.2 Å². The highest BCUT2D eigenvalue weighted by Gasteiger charge is 2.17. The zero-order chi connectivity index (χ0) is 17.2. The van der Waals surface area contributed by atoms with Crippen LogP contribution in [0.3, 0.4) is 0 Å². The van der Waals surface area contributed by atoms with Crippen molar-refractivity contribution in [1.29, 1.82) is 0 Å². The van der Waals surface area contributed by atoms with Crippen LogP contribution in [-0.2, 0) is 4.74 Å². The van der Waals surface area contributed by atoms with Crippen LogP contribution in [-0.4, -0.2) is 51.8 Å². The number of hydrogen-bond donors (Lipinski definition) is 1. The normalized spacial score (nSPS) is 15.4. The van der Waals surface area contributed by atoms with Crippen LogP contribution < -0.4 is 5.43 Å². The Morgan fingerprint density at radius 3 is 2.88 bits per heavy atom. The van der Waals surface area contributed by atoms with Gasteiger partial charge in [-0.2, -0.15) is 5.10 Å². The average molecular weight is 358 g/mol. The van der Waals surface area contributed by atoms with E-state index in [0.29, 0.717) is 42.7 Å². The van der Waals surface area contributed by atoms with Crippen LogP contribution in [0, 0.1) is 0 Å². The summed E-state index contributed by atoms with van der Waals surface area (Å²) >= 11 is 6.08. The fourth-order valence-corrected chi connectivity index (χ4v) is 2.92. The number of aromatic nitrogens is 3. The first-order valence-corrected chi connectivity index (χ1v) is 8.32. The first-order valence-electron chi connectivity index (χ1n) is 7.95. The third kappa shape index (κ3) is 3.34. The molecule has 3 heterocycles. The van der Waals surface area contributed by atoms with Gasteiger partial charge in [0.05, 0.1) is 19.4 Å². The SMILES string of the molecule is O=C(NN1CCOCC1)c1ccn2ncc(-c3cccc(Cl)c3)c2n1. The smallest absolute Gasteiger partial charge is 0.284 e. The standard InChI is InChI=1S/C17H16ClN5O2/c18-13-3-1-2-12(10-13)14-11-19-23-5-4-15(20-16(14)23)17(24)21-22-6-8-25-9-7-22/h1-5,10-11H,6-9H2,(H,21,24). The first kappa shape index (κ1) is 16.0. The fraction of sp³-hybridized carbons (Fsp3) is 0.235. The molecule has 1 amide bonds. The van der Waals surface area contributed by atoms with Crippen molar-refractivity contribution in [2.24, 2.45) is 0 Å². The molecule has 1 aliphatic rings. The van der Waals surface area contributed by atoms with Crippen LogP contribution in [0.4, 0.5) is 0 Å². The lowest BCUT2D eigenvalue weighted by Crippen LogP contribution is -2.48. The molecule has 0 aliphatic carbocycles. The van der Waals surface area contributed by atoms with E-state index in [-0.39, 0.29) is 5.91 Å².